The summed E-state index contributed by atoms with van der Waals surface area (Å²) < 4.78 is 5.05. The van der Waals surface area contributed by atoms with Crippen molar-refractivity contribution in [3.05, 3.63) is 23.8 Å². The van der Waals surface area contributed by atoms with Crippen LogP contribution >= 0.6 is 0 Å². The van der Waals surface area contributed by atoms with Crippen molar-refractivity contribution in [1.82, 2.24) is 0 Å². The van der Waals surface area contributed by atoms with Gasteiger partial charge in [0.05, 0.1) is 19.3 Å². The first-order valence-electron chi connectivity index (χ1n) is 6.28. The molecule has 4 heteroatoms. The fourth-order valence-electron chi connectivity index (χ4n) is 2.20. The third-order valence-electron chi connectivity index (χ3n) is 3.34. The van der Waals surface area contributed by atoms with Crippen molar-refractivity contribution in [2.45, 2.75) is 37.8 Å². The number of methoxy groups -OCH3 is 1. The van der Waals surface area contributed by atoms with Gasteiger partial charge in [-0.05, 0) is 37.8 Å². The number of phenols is 1. The number of hydrogen-bond acceptors (Lipinski definition) is 4. The Morgan fingerprint density at radius 2 is 2.00 bits per heavy atom. The van der Waals surface area contributed by atoms with Crippen molar-refractivity contribution < 1.29 is 14.9 Å². The van der Waals surface area contributed by atoms with E-state index in [2.05, 4.69) is 4.99 Å². The molecule has 1 saturated carbocycles. The van der Waals surface area contributed by atoms with Gasteiger partial charge in [-0.15, -0.1) is 0 Å². The lowest BCUT2D eigenvalue weighted by molar-refractivity contribution is 0.123. The standard InChI is InChI=1S/C14H19NO3/c1-18-13-4-2-3-10(14(13)17)9-15-11-5-7-12(16)8-6-11/h2-4,9,11-12,16-17H,5-8H2,1H3. The number of aliphatic hydroxyl groups is 1. The normalized spacial score (nSPS) is 24.3. The van der Waals surface area contributed by atoms with Crippen molar-refractivity contribution in [2.75, 3.05) is 7.11 Å². The Kier molecular flexibility index (Phi) is 4.20. The molecule has 0 spiro atoms. The molecule has 0 unspecified atom stereocenters. The molecule has 1 fully saturated rings. The molecule has 0 amide bonds. The lowest BCUT2D eigenvalue weighted by Crippen LogP contribution is -2.20. The quantitative estimate of drug-likeness (QED) is 0.807. The van der Waals surface area contributed by atoms with E-state index in [1.807, 2.05) is 6.07 Å². The van der Waals surface area contributed by atoms with E-state index in [4.69, 9.17) is 4.74 Å². The number of aromatic hydroxyl groups is 1. The lowest BCUT2D eigenvalue weighted by atomic mass is 9.93. The molecule has 0 aromatic heterocycles. The maximum Gasteiger partial charge on any atom is 0.166 e. The minimum Gasteiger partial charge on any atom is -0.504 e. The van der Waals surface area contributed by atoms with Gasteiger partial charge in [0.25, 0.3) is 0 Å². The molecule has 0 bridgehead atoms. The number of benzene rings is 1. The zero-order chi connectivity index (χ0) is 13.0. The van der Waals surface area contributed by atoms with Crippen LogP contribution in [0.1, 0.15) is 31.2 Å². The molecule has 18 heavy (non-hydrogen) atoms. The summed E-state index contributed by atoms with van der Waals surface area (Å²) in [7, 11) is 1.53. The first kappa shape index (κ1) is 12.9. The van der Waals surface area contributed by atoms with Crippen molar-refractivity contribution in [2.24, 2.45) is 4.99 Å². The van der Waals surface area contributed by atoms with Crippen LogP contribution in [0.25, 0.3) is 0 Å². The average molecular weight is 249 g/mol. The molecule has 0 aliphatic heterocycles. The highest BCUT2D eigenvalue weighted by Crippen LogP contribution is 2.28. The third kappa shape index (κ3) is 3.01. The second kappa shape index (κ2) is 5.87. The van der Waals surface area contributed by atoms with Crippen LogP contribution in [0.15, 0.2) is 23.2 Å². The van der Waals surface area contributed by atoms with Crippen molar-refractivity contribution in [1.29, 1.82) is 0 Å². The first-order chi connectivity index (χ1) is 8.70. The van der Waals surface area contributed by atoms with Gasteiger partial charge in [0.15, 0.2) is 11.5 Å². The van der Waals surface area contributed by atoms with Gasteiger partial charge >= 0.3 is 0 Å². The summed E-state index contributed by atoms with van der Waals surface area (Å²) >= 11 is 0. The highest BCUT2D eigenvalue weighted by molar-refractivity contribution is 5.84. The zero-order valence-electron chi connectivity index (χ0n) is 10.5. The van der Waals surface area contributed by atoms with Crippen molar-refractivity contribution >= 4 is 6.21 Å². The minimum absolute atomic E-state index is 0.125. The Morgan fingerprint density at radius 3 is 2.67 bits per heavy atom. The Balaban J connectivity index is 2.05. The van der Waals surface area contributed by atoms with Gasteiger partial charge in [-0.1, -0.05) is 6.07 Å². The number of hydrogen-bond donors (Lipinski definition) is 2. The van der Waals surface area contributed by atoms with Gasteiger partial charge in [-0.3, -0.25) is 4.99 Å². The van der Waals surface area contributed by atoms with Crippen LogP contribution in [0.3, 0.4) is 0 Å². The van der Waals surface area contributed by atoms with Crippen LogP contribution in [0.2, 0.25) is 0 Å². The number of phenolic OH excluding ortho intramolecular Hbond substituents is 1. The van der Waals surface area contributed by atoms with Gasteiger partial charge in [-0.25, -0.2) is 0 Å². The summed E-state index contributed by atoms with van der Waals surface area (Å²) in [6, 6.07) is 5.59. The van der Waals surface area contributed by atoms with Crippen LogP contribution in [0, 0.1) is 0 Å². The Labute approximate surface area is 107 Å². The summed E-state index contributed by atoms with van der Waals surface area (Å²) in [6.07, 6.45) is 4.96. The maximum absolute atomic E-state index is 9.90. The summed E-state index contributed by atoms with van der Waals surface area (Å²) in [4.78, 5) is 4.47. The molecular weight excluding hydrogens is 230 g/mol. The summed E-state index contributed by atoms with van der Waals surface area (Å²) in [5, 5.41) is 19.3. The second-order valence-electron chi connectivity index (χ2n) is 4.64. The Morgan fingerprint density at radius 1 is 1.28 bits per heavy atom. The molecule has 1 aromatic rings. The highest BCUT2D eigenvalue weighted by atomic mass is 16.5. The highest BCUT2D eigenvalue weighted by Gasteiger charge is 2.18. The topological polar surface area (TPSA) is 62.0 Å². The lowest BCUT2D eigenvalue weighted by Gasteiger charge is -2.22. The SMILES string of the molecule is COc1cccc(C=NC2CCC(O)CC2)c1O. The first-order valence-corrected chi connectivity index (χ1v) is 6.28. The molecule has 4 nitrogen and oxygen atoms in total. The average Bonchev–Trinajstić information content (AvgIpc) is 2.39. The maximum atomic E-state index is 9.90. The number of nitrogens with zero attached hydrogens (tertiary/aromatic N) is 1. The van der Waals surface area contributed by atoms with E-state index >= 15 is 0 Å². The zero-order valence-corrected chi connectivity index (χ0v) is 10.5. The van der Waals surface area contributed by atoms with E-state index in [1.165, 1.54) is 7.11 Å². The summed E-state index contributed by atoms with van der Waals surface area (Å²) in [5.41, 5.74) is 0.667. The van der Waals surface area contributed by atoms with Gasteiger partial charge in [-0.2, -0.15) is 0 Å². The summed E-state index contributed by atoms with van der Waals surface area (Å²) in [5.74, 6) is 0.581. The van der Waals surface area contributed by atoms with E-state index < -0.39 is 0 Å². The van der Waals surface area contributed by atoms with E-state index in [9.17, 15) is 10.2 Å². The monoisotopic (exact) mass is 249 g/mol. The van der Waals surface area contributed by atoms with Crippen molar-refractivity contribution in [3.8, 4) is 11.5 Å². The molecule has 0 atom stereocenters. The Bertz CT molecular complexity index is 423. The van der Waals surface area contributed by atoms with Crippen LogP contribution in [0.4, 0.5) is 0 Å². The van der Waals surface area contributed by atoms with E-state index in [1.54, 1.807) is 18.3 Å². The predicted molar refractivity (Wildman–Crippen MR) is 70.5 cm³/mol. The molecule has 1 aromatic carbocycles. The number of para-hydroxylation sites is 1. The van der Waals surface area contributed by atoms with Crippen LogP contribution in [-0.2, 0) is 0 Å². The Hall–Kier alpha value is -1.55. The molecular formula is C14H19NO3. The van der Waals surface area contributed by atoms with Crippen LogP contribution in [0.5, 0.6) is 11.5 Å². The molecule has 1 aliphatic rings. The van der Waals surface area contributed by atoms with Gasteiger partial charge in [0.1, 0.15) is 0 Å². The molecule has 0 heterocycles. The van der Waals surface area contributed by atoms with E-state index in [-0.39, 0.29) is 17.9 Å². The number of rotatable bonds is 3. The predicted octanol–water partition coefficient (Wildman–Crippen LogP) is 2.12. The van der Waals surface area contributed by atoms with E-state index in [0.29, 0.717) is 11.3 Å². The number of aliphatic imine (C=N–C) groups is 1. The number of aliphatic hydroxyl groups excluding tert-OH is 1. The molecule has 98 valence electrons. The molecule has 2 rings (SSSR count). The fourth-order valence-corrected chi connectivity index (χ4v) is 2.20. The van der Waals surface area contributed by atoms with Crippen molar-refractivity contribution in [3.63, 3.8) is 0 Å². The molecule has 0 radical (unpaired) electrons. The largest absolute Gasteiger partial charge is 0.504 e. The fraction of sp³-hybridized carbons (Fsp3) is 0.500. The van der Waals surface area contributed by atoms with Gasteiger partial charge < -0.3 is 14.9 Å². The minimum atomic E-state index is -0.165. The molecule has 1 aliphatic carbocycles. The summed E-state index contributed by atoms with van der Waals surface area (Å²) in [6.45, 7) is 0. The van der Waals surface area contributed by atoms with Crippen LogP contribution < -0.4 is 4.74 Å². The van der Waals surface area contributed by atoms with E-state index in [0.717, 1.165) is 25.7 Å². The van der Waals surface area contributed by atoms with Gasteiger partial charge in [0, 0.05) is 11.8 Å². The molecule has 0 saturated heterocycles. The smallest absolute Gasteiger partial charge is 0.166 e. The molecule has 2 N–H and O–H groups in total. The number of ether oxygens (including phenoxy) is 1. The van der Waals surface area contributed by atoms with Crippen LogP contribution in [-0.4, -0.2) is 35.7 Å². The second-order valence-corrected chi connectivity index (χ2v) is 4.64. The van der Waals surface area contributed by atoms with Gasteiger partial charge in [0.2, 0.25) is 0 Å². The third-order valence-corrected chi connectivity index (χ3v) is 3.34.